The molecule has 7 heteroatoms. The van der Waals surface area contributed by atoms with E-state index in [1.165, 1.54) is 31.7 Å². The Bertz CT molecular complexity index is 876. The smallest absolute Gasteiger partial charge is 0.238 e. The van der Waals surface area contributed by atoms with Crippen LogP contribution in [0.4, 0.5) is 15.8 Å². The van der Waals surface area contributed by atoms with E-state index in [0.29, 0.717) is 13.1 Å². The standard InChI is InChI=1S/C24H31FN4O2/c1-31-23-9-4-19(16-22(23)25)17-27-12-14-28(15-13-27)18-24(30)26-20-5-7-21(8-6-20)29-10-2-3-11-29/h4-9,16H,2-3,10-15,17-18H2,1H3,(H,26,30). The van der Waals surface area contributed by atoms with E-state index in [0.717, 1.165) is 50.5 Å². The van der Waals surface area contributed by atoms with Crippen LogP contribution in [0, 0.1) is 5.82 Å². The summed E-state index contributed by atoms with van der Waals surface area (Å²) in [4.78, 5) is 19.3. The Kier molecular flexibility index (Phi) is 7.04. The summed E-state index contributed by atoms with van der Waals surface area (Å²) in [7, 11) is 1.47. The van der Waals surface area contributed by atoms with E-state index < -0.39 is 0 Å². The molecule has 2 aliphatic rings. The molecular formula is C24H31FN4O2. The molecule has 0 spiro atoms. The van der Waals surface area contributed by atoms with Crippen LogP contribution in [0.3, 0.4) is 0 Å². The molecule has 0 bridgehead atoms. The lowest BCUT2D eigenvalue weighted by Gasteiger charge is -2.34. The fourth-order valence-corrected chi connectivity index (χ4v) is 4.31. The molecule has 2 saturated heterocycles. The van der Waals surface area contributed by atoms with Crippen LogP contribution in [-0.4, -0.2) is 68.6 Å². The van der Waals surface area contributed by atoms with Crippen molar-refractivity contribution >= 4 is 17.3 Å². The average molecular weight is 427 g/mol. The first-order valence-electron chi connectivity index (χ1n) is 11.0. The maximum atomic E-state index is 13.9. The number of hydrogen-bond acceptors (Lipinski definition) is 5. The number of carbonyl (C=O) groups is 1. The van der Waals surface area contributed by atoms with Crippen LogP contribution in [0.2, 0.25) is 0 Å². The molecular weight excluding hydrogens is 395 g/mol. The molecule has 0 aliphatic carbocycles. The molecule has 0 aromatic heterocycles. The van der Waals surface area contributed by atoms with Crippen molar-refractivity contribution in [2.24, 2.45) is 0 Å². The maximum absolute atomic E-state index is 13.9. The van der Waals surface area contributed by atoms with Gasteiger partial charge in [0.2, 0.25) is 5.91 Å². The van der Waals surface area contributed by atoms with Gasteiger partial charge in [0.05, 0.1) is 13.7 Å². The summed E-state index contributed by atoms with van der Waals surface area (Å²) in [6, 6.07) is 13.2. The van der Waals surface area contributed by atoms with Crippen LogP contribution in [0.1, 0.15) is 18.4 Å². The van der Waals surface area contributed by atoms with Crippen molar-refractivity contribution in [2.45, 2.75) is 19.4 Å². The predicted octanol–water partition coefficient (Wildman–Crippen LogP) is 3.19. The molecule has 2 heterocycles. The molecule has 6 nitrogen and oxygen atoms in total. The van der Waals surface area contributed by atoms with Gasteiger partial charge in [0, 0.05) is 57.2 Å². The lowest BCUT2D eigenvalue weighted by molar-refractivity contribution is -0.117. The van der Waals surface area contributed by atoms with Crippen molar-refractivity contribution in [2.75, 3.05) is 63.1 Å². The Morgan fingerprint density at radius 3 is 2.29 bits per heavy atom. The first-order chi connectivity index (χ1) is 15.1. The van der Waals surface area contributed by atoms with Crippen LogP contribution in [-0.2, 0) is 11.3 Å². The highest BCUT2D eigenvalue weighted by atomic mass is 19.1. The molecule has 1 N–H and O–H groups in total. The fraction of sp³-hybridized carbons (Fsp3) is 0.458. The molecule has 0 unspecified atom stereocenters. The number of carbonyl (C=O) groups excluding carboxylic acids is 1. The molecule has 4 rings (SSSR count). The Morgan fingerprint density at radius 1 is 0.968 bits per heavy atom. The highest BCUT2D eigenvalue weighted by Gasteiger charge is 2.20. The van der Waals surface area contributed by atoms with E-state index in [4.69, 9.17) is 4.74 Å². The summed E-state index contributed by atoms with van der Waals surface area (Å²) in [5.74, 6) is -0.0476. The van der Waals surface area contributed by atoms with E-state index in [9.17, 15) is 9.18 Å². The Labute approximate surface area is 183 Å². The number of hydrogen-bond donors (Lipinski definition) is 1. The van der Waals surface area contributed by atoms with Gasteiger partial charge in [-0.1, -0.05) is 6.07 Å². The predicted molar refractivity (Wildman–Crippen MR) is 121 cm³/mol. The fourth-order valence-electron chi connectivity index (χ4n) is 4.31. The maximum Gasteiger partial charge on any atom is 0.238 e. The third-order valence-electron chi connectivity index (χ3n) is 6.08. The molecule has 2 fully saturated rings. The number of halogens is 1. The van der Waals surface area contributed by atoms with Gasteiger partial charge in [0.25, 0.3) is 0 Å². The first-order valence-corrected chi connectivity index (χ1v) is 11.0. The second-order valence-corrected chi connectivity index (χ2v) is 8.31. The van der Waals surface area contributed by atoms with E-state index in [1.54, 1.807) is 6.07 Å². The van der Waals surface area contributed by atoms with Crippen molar-refractivity contribution < 1.29 is 13.9 Å². The number of ether oxygens (including phenoxy) is 1. The average Bonchev–Trinajstić information content (AvgIpc) is 3.31. The van der Waals surface area contributed by atoms with Gasteiger partial charge in [-0.3, -0.25) is 14.6 Å². The van der Waals surface area contributed by atoms with E-state index in [1.807, 2.05) is 18.2 Å². The zero-order valence-electron chi connectivity index (χ0n) is 18.1. The molecule has 2 aliphatic heterocycles. The van der Waals surface area contributed by atoms with Gasteiger partial charge in [-0.2, -0.15) is 0 Å². The Hall–Kier alpha value is -2.64. The van der Waals surface area contributed by atoms with Gasteiger partial charge < -0.3 is 15.0 Å². The minimum Gasteiger partial charge on any atom is -0.494 e. The number of piperazine rings is 1. The molecule has 2 aromatic rings. The highest BCUT2D eigenvalue weighted by Crippen LogP contribution is 2.22. The molecule has 0 saturated carbocycles. The molecule has 31 heavy (non-hydrogen) atoms. The third kappa shape index (κ3) is 5.74. The summed E-state index contributed by atoms with van der Waals surface area (Å²) in [5, 5.41) is 3.01. The van der Waals surface area contributed by atoms with Crippen molar-refractivity contribution in [3.8, 4) is 5.75 Å². The zero-order chi connectivity index (χ0) is 21.6. The molecule has 166 valence electrons. The van der Waals surface area contributed by atoms with Gasteiger partial charge in [0.15, 0.2) is 11.6 Å². The molecule has 1 amide bonds. The van der Waals surface area contributed by atoms with Crippen LogP contribution in [0.5, 0.6) is 5.75 Å². The van der Waals surface area contributed by atoms with Crippen LogP contribution in [0.15, 0.2) is 42.5 Å². The van der Waals surface area contributed by atoms with Gasteiger partial charge in [-0.15, -0.1) is 0 Å². The number of nitrogens with one attached hydrogen (secondary N) is 1. The number of benzene rings is 2. The van der Waals surface area contributed by atoms with Crippen molar-refractivity contribution in [3.63, 3.8) is 0 Å². The summed E-state index contributed by atoms with van der Waals surface area (Å²) in [5.41, 5.74) is 3.00. The minimum atomic E-state index is -0.330. The van der Waals surface area contributed by atoms with E-state index >= 15 is 0 Å². The highest BCUT2D eigenvalue weighted by molar-refractivity contribution is 5.92. The van der Waals surface area contributed by atoms with Gasteiger partial charge >= 0.3 is 0 Å². The van der Waals surface area contributed by atoms with Crippen molar-refractivity contribution in [1.29, 1.82) is 0 Å². The molecule has 0 radical (unpaired) electrons. The quantitative estimate of drug-likeness (QED) is 0.737. The largest absolute Gasteiger partial charge is 0.494 e. The van der Waals surface area contributed by atoms with Gasteiger partial charge in [-0.25, -0.2) is 4.39 Å². The number of amides is 1. The monoisotopic (exact) mass is 426 g/mol. The zero-order valence-corrected chi connectivity index (χ0v) is 18.1. The number of rotatable bonds is 7. The molecule has 2 aromatic carbocycles. The third-order valence-corrected chi connectivity index (χ3v) is 6.08. The van der Waals surface area contributed by atoms with E-state index in [2.05, 4.69) is 32.1 Å². The summed E-state index contributed by atoms with van der Waals surface area (Å²) < 4.78 is 18.9. The summed E-state index contributed by atoms with van der Waals surface area (Å²) >= 11 is 0. The summed E-state index contributed by atoms with van der Waals surface area (Å²) in [6.07, 6.45) is 2.51. The topological polar surface area (TPSA) is 48.1 Å². The minimum absolute atomic E-state index is 0.0135. The normalized spacial score (nSPS) is 17.7. The van der Waals surface area contributed by atoms with Crippen molar-refractivity contribution in [3.05, 3.63) is 53.8 Å². The molecule has 0 atom stereocenters. The number of anilines is 2. The number of nitrogens with zero attached hydrogens (tertiary/aromatic N) is 3. The van der Waals surface area contributed by atoms with Crippen molar-refractivity contribution in [1.82, 2.24) is 9.80 Å². The lowest BCUT2D eigenvalue weighted by Crippen LogP contribution is -2.48. The van der Waals surface area contributed by atoms with Crippen LogP contribution in [0.25, 0.3) is 0 Å². The van der Waals surface area contributed by atoms with Crippen LogP contribution >= 0.6 is 0 Å². The second-order valence-electron chi connectivity index (χ2n) is 8.31. The van der Waals surface area contributed by atoms with Crippen LogP contribution < -0.4 is 15.0 Å². The first kappa shape index (κ1) is 21.6. The lowest BCUT2D eigenvalue weighted by atomic mass is 10.2. The SMILES string of the molecule is COc1ccc(CN2CCN(CC(=O)Nc3ccc(N4CCCC4)cc3)CC2)cc1F. The van der Waals surface area contributed by atoms with Gasteiger partial charge in [-0.05, 0) is 54.8 Å². The summed E-state index contributed by atoms with van der Waals surface area (Å²) in [6.45, 7) is 6.66. The number of methoxy groups -OCH3 is 1. The Morgan fingerprint density at radius 2 is 1.65 bits per heavy atom. The van der Waals surface area contributed by atoms with E-state index in [-0.39, 0.29) is 17.5 Å². The Balaban J connectivity index is 1.20. The second kappa shape index (κ2) is 10.1. The van der Waals surface area contributed by atoms with Gasteiger partial charge in [0.1, 0.15) is 0 Å².